The number of hydrogen-bond acceptors (Lipinski definition) is 3. The van der Waals surface area contributed by atoms with Gasteiger partial charge in [-0.25, -0.2) is 0 Å². The number of benzene rings is 2. The summed E-state index contributed by atoms with van der Waals surface area (Å²) >= 11 is 0. The maximum absolute atomic E-state index is 12.4. The van der Waals surface area contributed by atoms with Gasteiger partial charge in [-0.15, -0.1) is 0 Å². The molecule has 0 unspecified atom stereocenters. The van der Waals surface area contributed by atoms with Crippen LogP contribution in [0, 0.1) is 5.21 Å². The summed E-state index contributed by atoms with van der Waals surface area (Å²) in [6.45, 7) is 6.16. The third kappa shape index (κ3) is 2.97. The molecule has 1 heterocycles. The van der Waals surface area contributed by atoms with E-state index in [1.54, 1.807) is 0 Å². The maximum atomic E-state index is 12.4. The van der Waals surface area contributed by atoms with Gasteiger partial charge < -0.3 is 9.94 Å². The molecule has 1 aliphatic heterocycles. The number of rotatable bonds is 4. The minimum Gasteiger partial charge on any atom is -0.714 e. The predicted octanol–water partition coefficient (Wildman–Crippen LogP) is 3.78. The topological polar surface area (TPSA) is 47.7 Å². The SMILES string of the molecule is CC1=NC(c2ccc(OCc3ccccc3)cc2)=[N+]([O-])C1(C)C. The molecule has 0 radical (unpaired) electrons. The predicted molar refractivity (Wildman–Crippen MR) is 92.1 cm³/mol. The minimum absolute atomic E-state index is 0.460. The van der Waals surface area contributed by atoms with E-state index in [9.17, 15) is 5.21 Å². The van der Waals surface area contributed by atoms with Crippen molar-refractivity contribution in [1.82, 2.24) is 0 Å². The number of ether oxygens (including phenoxy) is 1. The number of aliphatic imine (C=N–C) groups is 1. The molecule has 0 spiro atoms. The Morgan fingerprint density at radius 1 is 1.04 bits per heavy atom. The minimum atomic E-state index is -0.586. The van der Waals surface area contributed by atoms with Crippen LogP contribution in [0.25, 0.3) is 0 Å². The first-order chi connectivity index (χ1) is 11.0. The van der Waals surface area contributed by atoms with Gasteiger partial charge in [-0.05, 0) is 48.7 Å². The lowest BCUT2D eigenvalue weighted by Crippen LogP contribution is -2.37. The van der Waals surface area contributed by atoms with E-state index >= 15 is 0 Å². The van der Waals surface area contributed by atoms with E-state index in [2.05, 4.69) is 4.99 Å². The normalized spacial score (nSPS) is 16.4. The first kappa shape index (κ1) is 15.3. The van der Waals surface area contributed by atoms with Crippen LogP contribution >= 0.6 is 0 Å². The Labute approximate surface area is 136 Å². The van der Waals surface area contributed by atoms with Crippen molar-refractivity contribution >= 4 is 11.5 Å². The Morgan fingerprint density at radius 3 is 2.26 bits per heavy atom. The van der Waals surface area contributed by atoms with Crippen LogP contribution in [0.4, 0.5) is 0 Å². The van der Waals surface area contributed by atoms with Gasteiger partial charge in [-0.1, -0.05) is 30.3 Å². The van der Waals surface area contributed by atoms with Crippen LogP contribution in [0.2, 0.25) is 0 Å². The van der Waals surface area contributed by atoms with Crippen LogP contribution in [0.1, 0.15) is 31.9 Å². The van der Waals surface area contributed by atoms with Crippen molar-refractivity contribution < 1.29 is 9.48 Å². The number of hydroxylamine groups is 1. The fourth-order valence-electron chi connectivity index (χ4n) is 2.38. The summed E-state index contributed by atoms with van der Waals surface area (Å²) in [6.07, 6.45) is 0. The van der Waals surface area contributed by atoms with Crippen LogP contribution in [-0.2, 0) is 6.61 Å². The van der Waals surface area contributed by atoms with Gasteiger partial charge in [-0.2, -0.15) is 0 Å². The highest BCUT2D eigenvalue weighted by Crippen LogP contribution is 2.22. The van der Waals surface area contributed by atoms with Crippen LogP contribution in [0.15, 0.2) is 59.6 Å². The molecule has 0 aliphatic carbocycles. The monoisotopic (exact) mass is 308 g/mol. The lowest BCUT2D eigenvalue weighted by atomic mass is 10.0. The molecule has 0 saturated carbocycles. The van der Waals surface area contributed by atoms with Gasteiger partial charge in [0.15, 0.2) is 11.3 Å². The van der Waals surface area contributed by atoms with E-state index < -0.39 is 5.54 Å². The van der Waals surface area contributed by atoms with Crippen LogP contribution < -0.4 is 4.74 Å². The average molecular weight is 308 g/mol. The number of amidine groups is 1. The molecule has 0 atom stereocenters. The first-order valence-electron chi connectivity index (χ1n) is 7.66. The Morgan fingerprint density at radius 2 is 1.70 bits per heavy atom. The standard InChI is InChI=1S/C19H20N2O2/c1-14-19(2,3)21(22)18(20-14)16-9-11-17(12-10-16)23-13-15-7-5-4-6-8-15/h4-12H,13H2,1-3H3. The molecule has 4 heteroatoms. The van der Waals surface area contributed by atoms with E-state index in [4.69, 9.17) is 4.74 Å². The number of nitrogens with zero attached hydrogens (tertiary/aromatic N) is 2. The molecular weight excluding hydrogens is 288 g/mol. The molecule has 0 bridgehead atoms. The van der Waals surface area contributed by atoms with E-state index in [-0.39, 0.29) is 0 Å². The van der Waals surface area contributed by atoms with Crippen molar-refractivity contribution in [2.24, 2.45) is 4.99 Å². The highest BCUT2D eigenvalue weighted by Gasteiger charge is 2.39. The fourth-order valence-corrected chi connectivity index (χ4v) is 2.38. The molecule has 0 aromatic heterocycles. The maximum Gasteiger partial charge on any atom is 0.329 e. The Hall–Kier alpha value is -2.62. The van der Waals surface area contributed by atoms with E-state index in [1.165, 1.54) is 0 Å². The highest BCUT2D eigenvalue weighted by atomic mass is 16.5. The summed E-state index contributed by atoms with van der Waals surface area (Å²) < 4.78 is 6.74. The molecule has 23 heavy (non-hydrogen) atoms. The third-order valence-electron chi connectivity index (χ3n) is 4.22. The fraction of sp³-hybridized carbons (Fsp3) is 0.263. The molecule has 1 aliphatic rings. The summed E-state index contributed by atoms with van der Waals surface area (Å²) in [6, 6.07) is 17.5. The second-order valence-corrected chi connectivity index (χ2v) is 6.17. The lowest BCUT2D eigenvalue weighted by Gasteiger charge is -2.22. The summed E-state index contributed by atoms with van der Waals surface area (Å²) in [7, 11) is 0. The van der Waals surface area contributed by atoms with Crippen molar-refractivity contribution in [2.75, 3.05) is 0 Å². The van der Waals surface area contributed by atoms with Crippen LogP contribution in [0.3, 0.4) is 0 Å². The van der Waals surface area contributed by atoms with Crippen molar-refractivity contribution in [3.05, 3.63) is 70.9 Å². The van der Waals surface area contributed by atoms with Gasteiger partial charge in [0.25, 0.3) is 0 Å². The summed E-state index contributed by atoms with van der Waals surface area (Å²) in [5, 5.41) is 12.4. The highest BCUT2D eigenvalue weighted by molar-refractivity contribution is 6.09. The average Bonchev–Trinajstić information content (AvgIpc) is 2.77. The van der Waals surface area contributed by atoms with Crippen molar-refractivity contribution in [1.29, 1.82) is 0 Å². The molecule has 0 saturated heterocycles. The second kappa shape index (κ2) is 5.88. The number of hydrogen-bond donors (Lipinski definition) is 0. The molecule has 0 N–H and O–H groups in total. The smallest absolute Gasteiger partial charge is 0.329 e. The van der Waals surface area contributed by atoms with E-state index in [0.717, 1.165) is 27.3 Å². The van der Waals surface area contributed by atoms with Crippen molar-refractivity contribution in [3.8, 4) is 5.75 Å². The zero-order valence-corrected chi connectivity index (χ0v) is 13.6. The molecule has 2 aromatic rings. The molecule has 3 rings (SSSR count). The van der Waals surface area contributed by atoms with E-state index in [1.807, 2.05) is 75.4 Å². The molecule has 118 valence electrons. The van der Waals surface area contributed by atoms with Gasteiger partial charge >= 0.3 is 5.84 Å². The van der Waals surface area contributed by atoms with Crippen LogP contribution in [-0.4, -0.2) is 21.8 Å². The van der Waals surface area contributed by atoms with Crippen molar-refractivity contribution in [3.63, 3.8) is 0 Å². The summed E-state index contributed by atoms with van der Waals surface area (Å²) in [5.41, 5.74) is 2.16. The Bertz CT molecular complexity index is 760. The van der Waals surface area contributed by atoms with Gasteiger partial charge in [0, 0.05) is 6.92 Å². The Balaban J connectivity index is 1.74. The molecule has 2 aromatic carbocycles. The zero-order chi connectivity index (χ0) is 16.4. The summed E-state index contributed by atoms with van der Waals surface area (Å²) in [5.74, 6) is 1.23. The quantitative estimate of drug-likeness (QED) is 0.637. The van der Waals surface area contributed by atoms with Crippen molar-refractivity contribution in [2.45, 2.75) is 32.9 Å². The largest absolute Gasteiger partial charge is 0.714 e. The van der Waals surface area contributed by atoms with Crippen LogP contribution in [0.5, 0.6) is 5.75 Å². The van der Waals surface area contributed by atoms with Gasteiger partial charge in [0.05, 0.1) is 5.56 Å². The van der Waals surface area contributed by atoms with Gasteiger partial charge in [0.2, 0.25) is 0 Å². The Kier molecular flexibility index (Phi) is 3.90. The van der Waals surface area contributed by atoms with Gasteiger partial charge in [0.1, 0.15) is 12.4 Å². The molecule has 0 amide bonds. The summed E-state index contributed by atoms with van der Waals surface area (Å²) in [4.78, 5) is 4.42. The second-order valence-electron chi connectivity index (χ2n) is 6.17. The third-order valence-corrected chi connectivity index (χ3v) is 4.22. The first-order valence-corrected chi connectivity index (χ1v) is 7.66. The molecule has 4 nitrogen and oxygen atoms in total. The lowest BCUT2D eigenvalue weighted by molar-refractivity contribution is -0.513. The molecular formula is C19H20N2O2. The van der Waals surface area contributed by atoms with Gasteiger partial charge in [-0.3, -0.25) is 4.74 Å². The van der Waals surface area contributed by atoms with E-state index in [0.29, 0.717) is 12.4 Å². The molecule has 0 fully saturated rings. The zero-order valence-electron chi connectivity index (χ0n) is 13.6.